The number of Topliss-reactive ketones (excluding diaryl/α,β-unsaturated/α-hetero) is 1. The lowest BCUT2D eigenvalue weighted by atomic mass is 9.70. The zero-order valence-corrected chi connectivity index (χ0v) is 13.2. The average Bonchev–Trinajstić information content (AvgIpc) is 2.93. The molecule has 4 nitrogen and oxygen atoms in total. The van der Waals surface area contributed by atoms with Crippen molar-refractivity contribution >= 4 is 33.4 Å². The predicted molar refractivity (Wildman–Crippen MR) is 79.1 cm³/mol. The number of pyridine rings is 1. The monoisotopic (exact) mass is 336 g/mol. The van der Waals surface area contributed by atoms with Gasteiger partial charge in [0, 0.05) is 16.1 Å². The van der Waals surface area contributed by atoms with Gasteiger partial charge in [-0.2, -0.15) is 0 Å². The molecule has 1 amide bonds. The van der Waals surface area contributed by atoms with E-state index in [0.717, 1.165) is 10.9 Å². The number of carbonyl (C=O) groups excluding carboxylic acids is 2. The Hall–Kier alpha value is -1.23. The van der Waals surface area contributed by atoms with E-state index in [-0.39, 0.29) is 17.1 Å². The molecule has 1 aromatic heterocycles. The molecule has 5 heteroatoms. The molecule has 2 saturated carbocycles. The van der Waals surface area contributed by atoms with Gasteiger partial charge >= 0.3 is 0 Å². The van der Waals surface area contributed by atoms with Crippen molar-refractivity contribution in [2.24, 2.45) is 16.7 Å². The molecule has 0 aromatic carbocycles. The van der Waals surface area contributed by atoms with Crippen molar-refractivity contribution in [3.05, 3.63) is 22.8 Å². The summed E-state index contributed by atoms with van der Waals surface area (Å²) in [5, 5.41) is 2.81. The van der Waals surface area contributed by atoms with E-state index in [1.54, 1.807) is 12.3 Å². The van der Waals surface area contributed by atoms with E-state index < -0.39 is 5.41 Å². The first-order valence-corrected chi connectivity index (χ1v) is 7.63. The highest BCUT2D eigenvalue weighted by Gasteiger charge is 2.65. The fourth-order valence-electron chi connectivity index (χ4n) is 3.66. The van der Waals surface area contributed by atoms with Gasteiger partial charge in [0.15, 0.2) is 5.78 Å². The zero-order chi connectivity index (χ0) is 14.5. The first-order valence-electron chi connectivity index (χ1n) is 6.84. The van der Waals surface area contributed by atoms with Crippen molar-refractivity contribution in [3.8, 4) is 0 Å². The third kappa shape index (κ3) is 1.83. The van der Waals surface area contributed by atoms with E-state index in [1.807, 2.05) is 19.9 Å². The standard InChI is InChI=1S/C15H17BrN2O2/c1-14(2)9-5-6-15(7-9,12(14)19)13(20)18-11-4-3-10(16)8-17-11/h3-4,8-9H,5-7H2,1-2H3,(H,17,18,20). The average molecular weight is 337 g/mol. The lowest BCUT2D eigenvalue weighted by Crippen LogP contribution is -2.44. The first-order chi connectivity index (χ1) is 9.36. The van der Waals surface area contributed by atoms with Gasteiger partial charge in [-0.25, -0.2) is 4.98 Å². The Morgan fingerprint density at radius 3 is 2.75 bits per heavy atom. The summed E-state index contributed by atoms with van der Waals surface area (Å²) in [6.07, 6.45) is 3.94. The second-order valence-corrected chi connectivity index (χ2v) is 7.30. The number of fused-ring (bicyclic) bond motifs is 2. The molecule has 20 heavy (non-hydrogen) atoms. The van der Waals surface area contributed by atoms with Crippen molar-refractivity contribution < 1.29 is 9.59 Å². The number of nitrogens with zero attached hydrogens (tertiary/aromatic N) is 1. The topological polar surface area (TPSA) is 59.1 Å². The largest absolute Gasteiger partial charge is 0.310 e. The predicted octanol–water partition coefficient (Wildman–Crippen LogP) is 3.18. The summed E-state index contributed by atoms with van der Waals surface area (Å²) in [4.78, 5) is 29.3. The Morgan fingerprint density at radius 2 is 2.20 bits per heavy atom. The van der Waals surface area contributed by atoms with E-state index in [1.165, 1.54) is 0 Å². The van der Waals surface area contributed by atoms with Crippen molar-refractivity contribution in [1.82, 2.24) is 4.98 Å². The zero-order valence-electron chi connectivity index (χ0n) is 11.6. The Bertz CT molecular complexity index is 582. The van der Waals surface area contributed by atoms with Crippen molar-refractivity contribution in [2.75, 3.05) is 5.32 Å². The number of carbonyl (C=O) groups is 2. The number of aromatic nitrogens is 1. The third-order valence-electron chi connectivity index (χ3n) is 4.96. The van der Waals surface area contributed by atoms with Crippen LogP contribution in [0.2, 0.25) is 0 Å². The molecule has 1 aromatic rings. The molecule has 2 bridgehead atoms. The minimum Gasteiger partial charge on any atom is -0.310 e. The van der Waals surface area contributed by atoms with E-state index in [9.17, 15) is 9.59 Å². The molecule has 2 aliphatic rings. The van der Waals surface area contributed by atoms with E-state index in [0.29, 0.717) is 24.6 Å². The van der Waals surface area contributed by atoms with Gasteiger partial charge < -0.3 is 5.32 Å². The number of hydrogen-bond donors (Lipinski definition) is 1. The molecule has 1 heterocycles. The molecule has 0 spiro atoms. The molecule has 2 unspecified atom stereocenters. The number of ketones is 1. The van der Waals surface area contributed by atoms with Gasteiger partial charge in [0.25, 0.3) is 0 Å². The molecule has 0 aliphatic heterocycles. The van der Waals surface area contributed by atoms with Crippen LogP contribution in [0.3, 0.4) is 0 Å². The Kier molecular flexibility index (Phi) is 3.01. The third-order valence-corrected chi connectivity index (χ3v) is 5.43. The van der Waals surface area contributed by atoms with Crippen LogP contribution < -0.4 is 5.32 Å². The molecule has 0 radical (unpaired) electrons. The highest BCUT2D eigenvalue weighted by Crippen LogP contribution is 2.60. The maximum absolute atomic E-state index is 12.6. The van der Waals surface area contributed by atoms with Crippen molar-refractivity contribution in [1.29, 1.82) is 0 Å². The number of halogens is 1. The minimum absolute atomic E-state index is 0.0934. The van der Waals surface area contributed by atoms with Gasteiger partial charge in [-0.15, -0.1) is 0 Å². The quantitative estimate of drug-likeness (QED) is 0.844. The van der Waals surface area contributed by atoms with Crippen LogP contribution in [0, 0.1) is 16.7 Å². The van der Waals surface area contributed by atoms with Crippen LogP contribution in [0.5, 0.6) is 0 Å². The summed E-state index contributed by atoms with van der Waals surface area (Å²) in [5.74, 6) is 0.730. The number of rotatable bonds is 2. The van der Waals surface area contributed by atoms with Crippen LogP contribution in [0.4, 0.5) is 5.82 Å². The van der Waals surface area contributed by atoms with Crippen molar-refractivity contribution in [2.45, 2.75) is 33.1 Å². The molecule has 2 fully saturated rings. The van der Waals surface area contributed by atoms with E-state index >= 15 is 0 Å². The van der Waals surface area contributed by atoms with Gasteiger partial charge in [-0.1, -0.05) is 13.8 Å². The molecular weight excluding hydrogens is 320 g/mol. The lowest BCUT2D eigenvalue weighted by molar-refractivity contribution is -0.142. The number of hydrogen-bond acceptors (Lipinski definition) is 3. The summed E-state index contributed by atoms with van der Waals surface area (Å²) in [7, 11) is 0. The SMILES string of the molecule is CC1(C)C(=O)C2(C(=O)Nc3ccc(Br)cn3)CCC1C2. The Labute approximate surface area is 126 Å². The second-order valence-electron chi connectivity index (χ2n) is 6.39. The fourth-order valence-corrected chi connectivity index (χ4v) is 3.90. The van der Waals surface area contributed by atoms with Gasteiger partial charge in [0.1, 0.15) is 11.2 Å². The van der Waals surface area contributed by atoms with Crippen LogP contribution in [-0.2, 0) is 9.59 Å². The number of nitrogens with one attached hydrogen (secondary N) is 1. The molecular formula is C15H17BrN2O2. The molecule has 1 N–H and O–H groups in total. The summed E-state index contributed by atoms with van der Waals surface area (Å²) >= 11 is 3.30. The molecule has 3 rings (SSSR count). The minimum atomic E-state index is -0.830. The summed E-state index contributed by atoms with van der Waals surface area (Å²) in [5.41, 5.74) is -1.20. The lowest BCUT2D eigenvalue weighted by Gasteiger charge is -2.32. The normalized spacial score (nSPS) is 30.6. The first kappa shape index (κ1) is 13.7. The van der Waals surface area contributed by atoms with Crippen LogP contribution in [-0.4, -0.2) is 16.7 Å². The highest BCUT2D eigenvalue weighted by atomic mass is 79.9. The smallest absolute Gasteiger partial charge is 0.239 e. The second kappa shape index (κ2) is 4.38. The highest BCUT2D eigenvalue weighted by molar-refractivity contribution is 9.10. The van der Waals surface area contributed by atoms with Crippen LogP contribution in [0.15, 0.2) is 22.8 Å². The van der Waals surface area contributed by atoms with Crippen LogP contribution in [0.1, 0.15) is 33.1 Å². The maximum atomic E-state index is 12.6. The fraction of sp³-hybridized carbons (Fsp3) is 0.533. The van der Waals surface area contributed by atoms with Crippen LogP contribution >= 0.6 is 15.9 Å². The molecule has 106 valence electrons. The molecule has 2 atom stereocenters. The van der Waals surface area contributed by atoms with Gasteiger partial charge in [-0.3, -0.25) is 9.59 Å². The van der Waals surface area contributed by atoms with Crippen molar-refractivity contribution in [3.63, 3.8) is 0 Å². The van der Waals surface area contributed by atoms with Gasteiger partial charge in [0.05, 0.1) is 0 Å². The Balaban J connectivity index is 1.84. The van der Waals surface area contributed by atoms with Crippen LogP contribution in [0.25, 0.3) is 0 Å². The summed E-state index contributed by atoms with van der Waals surface area (Å²) < 4.78 is 0.854. The maximum Gasteiger partial charge on any atom is 0.239 e. The molecule has 0 saturated heterocycles. The summed E-state index contributed by atoms with van der Waals surface area (Å²) in [6, 6.07) is 3.55. The number of amides is 1. The van der Waals surface area contributed by atoms with Gasteiger partial charge in [0.2, 0.25) is 5.91 Å². The van der Waals surface area contributed by atoms with Gasteiger partial charge in [-0.05, 0) is 53.2 Å². The molecule has 2 aliphatic carbocycles. The van der Waals surface area contributed by atoms with E-state index in [4.69, 9.17) is 0 Å². The van der Waals surface area contributed by atoms with E-state index in [2.05, 4.69) is 26.2 Å². The number of anilines is 1. The Morgan fingerprint density at radius 1 is 1.45 bits per heavy atom. The summed E-state index contributed by atoms with van der Waals surface area (Å²) in [6.45, 7) is 3.93.